The first-order chi connectivity index (χ1) is 9.48. The summed E-state index contributed by atoms with van der Waals surface area (Å²) in [5.41, 5.74) is 2.58. The summed E-state index contributed by atoms with van der Waals surface area (Å²) in [5.74, 6) is 0.0635. The Hall–Kier alpha value is -2.02. The number of nitrogens with one attached hydrogen (secondary N) is 2. The third kappa shape index (κ3) is 3.99. The van der Waals surface area contributed by atoms with Crippen LogP contribution >= 0.6 is 0 Å². The van der Waals surface area contributed by atoms with Crippen molar-refractivity contribution < 1.29 is 8.42 Å². The van der Waals surface area contributed by atoms with Crippen LogP contribution in [0.3, 0.4) is 0 Å². The zero-order valence-corrected chi connectivity index (χ0v) is 12.3. The molecule has 1 aromatic carbocycles. The highest BCUT2D eigenvalue weighted by Gasteiger charge is 2.06. The van der Waals surface area contributed by atoms with Gasteiger partial charge in [0.05, 0.1) is 11.9 Å². The molecule has 0 aliphatic carbocycles. The van der Waals surface area contributed by atoms with Crippen LogP contribution in [-0.2, 0) is 23.6 Å². The Morgan fingerprint density at radius 1 is 1.20 bits per heavy atom. The zero-order valence-electron chi connectivity index (χ0n) is 11.5. The quantitative estimate of drug-likeness (QED) is 0.851. The van der Waals surface area contributed by atoms with Crippen molar-refractivity contribution in [2.24, 2.45) is 7.05 Å². The smallest absolute Gasteiger partial charge is 0.232 e. The third-order valence-electron chi connectivity index (χ3n) is 2.79. The molecule has 2 rings (SSSR count). The van der Waals surface area contributed by atoms with E-state index in [0.717, 1.165) is 11.3 Å². The summed E-state index contributed by atoms with van der Waals surface area (Å²) in [6.07, 6.45) is 3.74. The highest BCUT2D eigenvalue weighted by molar-refractivity contribution is 7.92. The first-order valence-corrected chi connectivity index (χ1v) is 7.95. The molecule has 2 aromatic rings. The molecular weight excluding hydrogens is 276 g/mol. The maximum absolute atomic E-state index is 11.4. The van der Waals surface area contributed by atoms with Gasteiger partial charge in [-0.05, 0) is 31.2 Å². The molecule has 108 valence electrons. The molecule has 0 fully saturated rings. The Balaban J connectivity index is 1.94. The second-order valence-corrected chi connectivity index (χ2v) is 6.47. The van der Waals surface area contributed by atoms with Gasteiger partial charge >= 0.3 is 0 Å². The molecule has 0 aliphatic heterocycles. The summed E-state index contributed by atoms with van der Waals surface area (Å²) >= 11 is 0. The van der Waals surface area contributed by atoms with E-state index in [1.165, 1.54) is 0 Å². The Bertz CT molecular complexity index is 662. The van der Waals surface area contributed by atoms with Gasteiger partial charge in [0.15, 0.2) is 0 Å². The average molecular weight is 294 g/mol. The van der Waals surface area contributed by atoms with Gasteiger partial charge in [0, 0.05) is 36.7 Å². The molecule has 1 aromatic heterocycles. The van der Waals surface area contributed by atoms with Crippen LogP contribution in [0.1, 0.15) is 12.5 Å². The Kier molecular flexibility index (Phi) is 4.29. The van der Waals surface area contributed by atoms with Crippen molar-refractivity contribution in [3.05, 3.63) is 42.2 Å². The molecule has 0 atom stereocenters. The van der Waals surface area contributed by atoms with Crippen molar-refractivity contribution in [1.82, 2.24) is 9.78 Å². The number of aryl methyl sites for hydroxylation is 1. The maximum atomic E-state index is 11.4. The minimum absolute atomic E-state index is 0.0635. The van der Waals surface area contributed by atoms with Crippen LogP contribution in [-0.4, -0.2) is 24.0 Å². The van der Waals surface area contributed by atoms with E-state index in [0.29, 0.717) is 12.2 Å². The van der Waals surface area contributed by atoms with Crippen LogP contribution in [0.4, 0.5) is 11.4 Å². The molecule has 0 spiro atoms. The molecular formula is C13H18N4O2S. The molecule has 0 unspecified atom stereocenters. The van der Waals surface area contributed by atoms with Crippen LogP contribution in [0.25, 0.3) is 0 Å². The van der Waals surface area contributed by atoms with Crippen molar-refractivity contribution in [3.8, 4) is 0 Å². The van der Waals surface area contributed by atoms with Crippen molar-refractivity contribution in [3.63, 3.8) is 0 Å². The van der Waals surface area contributed by atoms with E-state index >= 15 is 0 Å². The molecule has 2 N–H and O–H groups in total. The number of aromatic nitrogens is 2. The van der Waals surface area contributed by atoms with Crippen molar-refractivity contribution in [2.75, 3.05) is 15.8 Å². The third-order valence-corrected chi connectivity index (χ3v) is 4.10. The summed E-state index contributed by atoms with van der Waals surface area (Å²) < 4.78 is 27.1. The summed E-state index contributed by atoms with van der Waals surface area (Å²) in [4.78, 5) is 0. The van der Waals surface area contributed by atoms with Crippen molar-refractivity contribution in [2.45, 2.75) is 13.5 Å². The van der Waals surface area contributed by atoms with Gasteiger partial charge in [0.25, 0.3) is 0 Å². The average Bonchev–Trinajstić information content (AvgIpc) is 2.83. The summed E-state index contributed by atoms with van der Waals surface area (Å²) in [6.45, 7) is 2.28. The maximum Gasteiger partial charge on any atom is 0.232 e. The van der Waals surface area contributed by atoms with E-state index in [4.69, 9.17) is 0 Å². The predicted octanol–water partition coefficient (Wildman–Crippen LogP) is 1.79. The van der Waals surface area contributed by atoms with E-state index in [1.54, 1.807) is 29.9 Å². The van der Waals surface area contributed by atoms with Gasteiger partial charge in [-0.2, -0.15) is 5.10 Å². The molecule has 7 heteroatoms. The Labute approximate surface area is 118 Å². The summed E-state index contributed by atoms with van der Waals surface area (Å²) in [7, 11) is -1.35. The topological polar surface area (TPSA) is 76.0 Å². The molecule has 0 aliphatic rings. The lowest BCUT2D eigenvalue weighted by Crippen LogP contribution is -2.14. The largest absolute Gasteiger partial charge is 0.381 e. The second kappa shape index (κ2) is 5.96. The number of anilines is 2. The van der Waals surface area contributed by atoms with Crippen molar-refractivity contribution in [1.29, 1.82) is 0 Å². The van der Waals surface area contributed by atoms with E-state index in [1.807, 2.05) is 25.4 Å². The number of benzene rings is 1. The molecule has 0 amide bonds. The van der Waals surface area contributed by atoms with E-state index in [-0.39, 0.29) is 5.75 Å². The molecule has 6 nitrogen and oxygen atoms in total. The monoisotopic (exact) mass is 294 g/mol. The van der Waals surface area contributed by atoms with E-state index < -0.39 is 10.0 Å². The lowest BCUT2D eigenvalue weighted by Gasteiger charge is -2.08. The van der Waals surface area contributed by atoms with Gasteiger partial charge in [0.1, 0.15) is 0 Å². The highest BCUT2D eigenvalue weighted by Crippen LogP contribution is 2.15. The van der Waals surface area contributed by atoms with E-state index in [9.17, 15) is 8.42 Å². The highest BCUT2D eigenvalue weighted by atomic mass is 32.2. The van der Waals surface area contributed by atoms with Crippen LogP contribution in [0.15, 0.2) is 36.7 Å². The lowest BCUT2D eigenvalue weighted by atomic mass is 10.2. The normalized spacial score (nSPS) is 11.3. The number of nitrogens with zero attached hydrogens (tertiary/aromatic N) is 2. The molecule has 0 bridgehead atoms. The molecule has 0 saturated carbocycles. The summed E-state index contributed by atoms with van der Waals surface area (Å²) in [5, 5.41) is 7.34. The molecule has 0 saturated heterocycles. The van der Waals surface area contributed by atoms with Crippen LogP contribution in [0, 0.1) is 0 Å². The SMILES string of the molecule is CCS(=O)(=O)Nc1ccc(NCc2cnn(C)c2)cc1. The first kappa shape index (κ1) is 14.4. The van der Waals surface area contributed by atoms with E-state index in [2.05, 4.69) is 15.1 Å². The van der Waals surface area contributed by atoms with Gasteiger partial charge in [-0.1, -0.05) is 0 Å². The Morgan fingerprint density at radius 2 is 1.85 bits per heavy atom. The fourth-order valence-corrected chi connectivity index (χ4v) is 2.31. The van der Waals surface area contributed by atoms with Crippen molar-refractivity contribution >= 4 is 21.4 Å². The van der Waals surface area contributed by atoms with Gasteiger partial charge in [-0.25, -0.2) is 8.42 Å². The predicted molar refractivity (Wildman–Crippen MR) is 80.1 cm³/mol. The first-order valence-electron chi connectivity index (χ1n) is 6.30. The number of hydrogen-bond donors (Lipinski definition) is 2. The standard InChI is InChI=1S/C13H18N4O2S/c1-3-20(18,19)16-13-6-4-12(5-7-13)14-8-11-9-15-17(2)10-11/h4-7,9-10,14,16H,3,8H2,1-2H3. The van der Waals surface area contributed by atoms with Crippen LogP contribution in [0.2, 0.25) is 0 Å². The zero-order chi connectivity index (χ0) is 14.6. The van der Waals surface area contributed by atoms with Gasteiger partial charge in [-0.3, -0.25) is 9.40 Å². The Morgan fingerprint density at radius 3 is 2.40 bits per heavy atom. The summed E-state index contributed by atoms with van der Waals surface area (Å²) in [6, 6.07) is 7.14. The van der Waals surface area contributed by atoms with Gasteiger partial charge in [0.2, 0.25) is 10.0 Å². The molecule has 0 radical (unpaired) electrons. The van der Waals surface area contributed by atoms with Gasteiger partial charge < -0.3 is 5.32 Å². The van der Waals surface area contributed by atoms with Crippen LogP contribution in [0.5, 0.6) is 0 Å². The number of rotatable bonds is 6. The fraction of sp³-hybridized carbons (Fsp3) is 0.308. The number of sulfonamides is 1. The second-order valence-electron chi connectivity index (χ2n) is 4.46. The minimum Gasteiger partial charge on any atom is -0.381 e. The lowest BCUT2D eigenvalue weighted by molar-refractivity contribution is 0.602. The molecule has 1 heterocycles. The minimum atomic E-state index is -3.22. The number of hydrogen-bond acceptors (Lipinski definition) is 4. The van der Waals surface area contributed by atoms with Crippen LogP contribution < -0.4 is 10.0 Å². The molecule has 20 heavy (non-hydrogen) atoms. The fourth-order valence-electron chi connectivity index (χ4n) is 1.68. The van der Waals surface area contributed by atoms with Gasteiger partial charge in [-0.15, -0.1) is 0 Å².